The third-order valence-electron chi connectivity index (χ3n) is 6.12. The van der Waals surface area contributed by atoms with Crippen LogP contribution in [0.2, 0.25) is 13.3 Å². The summed E-state index contributed by atoms with van der Waals surface area (Å²) in [5, 5.41) is 0. The minimum absolute atomic E-state index is 0.607. The van der Waals surface area contributed by atoms with Crippen molar-refractivity contribution in [3.8, 4) is 11.8 Å². The van der Waals surface area contributed by atoms with Gasteiger partial charge in [0, 0.05) is 0 Å². The van der Waals surface area contributed by atoms with Crippen LogP contribution in [-0.4, -0.2) is 29.1 Å². The molecule has 0 aromatic heterocycles. The molecule has 1 nitrogen and oxygen atoms in total. The van der Waals surface area contributed by atoms with Crippen LogP contribution in [0.25, 0.3) is 0 Å². The molecular formula is C25H50OSn. The minimum atomic E-state index is -2.31. The summed E-state index contributed by atoms with van der Waals surface area (Å²) in [6.45, 7) is 12.0. The van der Waals surface area contributed by atoms with Crippen molar-refractivity contribution in [3.63, 3.8) is 0 Å². The average molecular weight is 485 g/mol. The van der Waals surface area contributed by atoms with Crippen LogP contribution in [0.1, 0.15) is 118 Å². The van der Waals surface area contributed by atoms with Crippen LogP contribution in [0.5, 0.6) is 0 Å². The Balaban J connectivity index is 5.12. The van der Waals surface area contributed by atoms with Gasteiger partial charge in [0.2, 0.25) is 0 Å². The Hall–Kier alpha value is 0.319. The normalized spacial score (nSPS) is 12.6. The fraction of sp³-hybridized carbons (Fsp3) is 0.920. The van der Waals surface area contributed by atoms with Crippen LogP contribution in [0.15, 0.2) is 0 Å². The molecule has 0 aliphatic rings. The molecule has 160 valence electrons. The number of hydrogen-bond donors (Lipinski definition) is 0. The van der Waals surface area contributed by atoms with E-state index in [0.29, 0.717) is 10.7 Å². The van der Waals surface area contributed by atoms with Crippen molar-refractivity contribution in [3.05, 3.63) is 0 Å². The maximum atomic E-state index is 6.59. The molecule has 0 aliphatic heterocycles. The zero-order valence-corrected chi connectivity index (χ0v) is 22.4. The molecule has 2 heteroatoms. The van der Waals surface area contributed by atoms with Crippen LogP contribution < -0.4 is 0 Å². The number of ether oxygens (including phenoxy) is 1. The molecule has 0 saturated carbocycles. The molecule has 0 rings (SSSR count). The van der Waals surface area contributed by atoms with E-state index < -0.39 is 18.4 Å². The molecule has 0 aliphatic carbocycles. The Labute approximate surface area is 176 Å². The summed E-state index contributed by atoms with van der Waals surface area (Å²) >= 11 is -2.31. The van der Waals surface area contributed by atoms with Crippen LogP contribution in [0, 0.1) is 11.8 Å². The number of unbranched alkanes of at least 4 members (excludes halogenated alkanes) is 8. The quantitative estimate of drug-likeness (QED) is 0.101. The van der Waals surface area contributed by atoms with Crippen LogP contribution in [0.4, 0.5) is 0 Å². The molecule has 27 heavy (non-hydrogen) atoms. The Kier molecular flexibility index (Phi) is 19.9. The summed E-state index contributed by atoms with van der Waals surface area (Å²) in [5.74, 6) is 6.24. The Morgan fingerprint density at radius 3 is 1.63 bits per heavy atom. The van der Waals surface area contributed by atoms with E-state index >= 15 is 0 Å². The molecule has 0 spiro atoms. The van der Waals surface area contributed by atoms with Gasteiger partial charge in [0.05, 0.1) is 0 Å². The van der Waals surface area contributed by atoms with Crippen molar-refractivity contribution < 1.29 is 4.74 Å². The first kappa shape index (κ1) is 27.3. The van der Waals surface area contributed by atoms with E-state index in [1.54, 1.807) is 13.3 Å². The zero-order chi connectivity index (χ0) is 20.2. The summed E-state index contributed by atoms with van der Waals surface area (Å²) in [7, 11) is 0. The van der Waals surface area contributed by atoms with E-state index in [2.05, 4.69) is 39.5 Å². The predicted octanol–water partition coefficient (Wildman–Crippen LogP) is 8.53. The third kappa shape index (κ3) is 13.2. The zero-order valence-electron chi connectivity index (χ0n) is 19.5. The molecule has 0 saturated heterocycles. The van der Waals surface area contributed by atoms with Gasteiger partial charge >= 0.3 is 177 Å². The number of rotatable bonds is 19. The van der Waals surface area contributed by atoms with Gasteiger partial charge in [-0.15, -0.1) is 0 Å². The van der Waals surface area contributed by atoms with Gasteiger partial charge in [-0.25, -0.2) is 0 Å². The Bertz CT molecular complexity index is 346. The summed E-state index contributed by atoms with van der Waals surface area (Å²) in [6, 6.07) is 0. The summed E-state index contributed by atoms with van der Waals surface area (Å²) in [4.78, 5) is 0. The van der Waals surface area contributed by atoms with Crippen molar-refractivity contribution in [2.24, 2.45) is 0 Å². The van der Waals surface area contributed by atoms with Gasteiger partial charge in [-0.05, 0) is 0 Å². The monoisotopic (exact) mass is 486 g/mol. The molecule has 1 atom stereocenters. The number of hydrogen-bond acceptors (Lipinski definition) is 1. The van der Waals surface area contributed by atoms with Crippen LogP contribution >= 0.6 is 0 Å². The van der Waals surface area contributed by atoms with E-state index in [9.17, 15) is 0 Å². The van der Waals surface area contributed by atoms with E-state index in [4.69, 9.17) is 4.74 Å². The summed E-state index contributed by atoms with van der Waals surface area (Å²) in [6.07, 6.45) is 18.0. The van der Waals surface area contributed by atoms with Crippen molar-refractivity contribution in [1.82, 2.24) is 0 Å². The van der Waals surface area contributed by atoms with Gasteiger partial charge in [-0.1, -0.05) is 0 Å². The molecule has 0 radical (unpaired) electrons. The van der Waals surface area contributed by atoms with Crippen molar-refractivity contribution >= 4 is 18.4 Å². The van der Waals surface area contributed by atoms with Gasteiger partial charge in [0.15, 0.2) is 0 Å². The molecule has 0 amide bonds. The van der Waals surface area contributed by atoms with Gasteiger partial charge in [-0.3, -0.25) is 0 Å². The van der Waals surface area contributed by atoms with E-state index in [1.807, 2.05) is 6.92 Å². The summed E-state index contributed by atoms with van der Waals surface area (Å²) < 4.78 is 11.8. The first-order valence-electron chi connectivity index (χ1n) is 12.2. The fourth-order valence-electron chi connectivity index (χ4n) is 4.34. The molecule has 0 bridgehead atoms. The van der Waals surface area contributed by atoms with Crippen molar-refractivity contribution in [2.45, 2.75) is 136 Å². The predicted molar refractivity (Wildman–Crippen MR) is 126 cm³/mol. The van der Waals surface area contributed by atoms with Gasteiger partial charge in [0.1, 0.15) is 0 Å². The van der Waals surface area contributed by atoms with E-state index in [-0.39, 0.29) is 0 Å². The second-order valence-electron chi connectivity index (χ2n) is 8.46. The third-order valence-corrected chi connectivity index (χ3v) is 22.9. The second kappa shape index (κ2) is 19.6. The molecular weight excluding hydrogens is 435 g/mol. The molecule has 0 aromatic carbocycles. The molecule has 0 aromatic rings. The first-order valence-corrected chi connectivity index (χ1v) is 19.9. The van der Waals surface area contributed by atoms with Gasteiger partial charge in [0.25, 0.3) is 0 Å². The van der Waals surface area contributed by atoms with Crippen LogP contribution in [-0.2, 0) is 4.74 Å². The molecule has 0 heterocycles. The van der Waals surface area contributed by atoms with Crippen LogP contribution in [0.3, 0.4) is 0 Å². The van der Waals surface area contributed by atoms with Gasteiger partial charge in [-0.2, -0.15) is 0 Å². The maximum absolute atomic E-state index is 6.59. The standard InChI is InChI=1S/C13H23O.3C4H9.Sn/c1-3-5-7-8-9-10-11-13-14-12-6-4-2;3*1-3-4-2;/h13H,3,5,7-12H2,1-2H3;3*1,3-4H2,2H3;. The average Bonchev–Trinajstić information content (AvgIpc) is 2.69. The Morgan fingerprint density at radius 1 is 0.667 bits per heavy atom. The topological polar surface area (TPSA) is 9.23 Å². The van der Waals surface area contributed by atoms with Crippen molar-refractivity contribution in [1.29, 1.82) is 0 Å². The molecule has 0 fully saturated rings. The van der Waals surface area contributed by atoms with Crippen molar-refractivity contribution in [2.75, 3.05) is 6.61 Å². The SMILES string of the molecule is CC#CCO[C@@H](CCCCCCCC)[Sn]([CH2]CCC)([CH2]CCC)[CH2]CCC. The molecule has 0 N–H and O–H groups in total. The fourth-order valence-corrected chi connectivity index (χ4v) is 21.9. The van der Waals surface area contributed by atoms with E-state index in [1.165, 1.54) is 83.5 Å². The Morgan fingerprint density at radius 2 is 1.15 bits per heavy atom. The summed E-state index contributed by atoms with van der Waals surface area (Å²) in [5.41, 5.74) is 0. The van der Waals surface area contributed by atoms with E-state index in [0.717, 1.165) is 0 Å². The first-order chi connectivity index (χ1) is 13.2. The van der Waals surface area contributed by atoms with Gasteiger partial charge < -0.3 is 0 Å². The molecule has 0 unspecified atom stereocenters. The second-order valence-corrected chi connectivity index (χ2v) is 22.4.